The van der Waals surface area contributed by atoms with Crippen LogP contribution in [0.15, 0.2) is 24.3 Å². The molecule has 1 rings (SSSR count). The third kappa shape index (κ3) is 2.00. The molecule has 0 N–H and O–H groups in total. The van der Waals surface area contributed by atoms with E-state index in [1.54, 1.807) is 0 Å². The van der Waals surface area contributed by atoms with E-state index in [1.807, 2.05) is 0 Å². The van der Waals surface area contributed by atoms with Crippen molar-refractivity contribution in [2.24, 2.45) is 0 Å². The number of hydrogen-bond donors (Lipinski definition) is 0. The first kappa shape index (κ1) is 9.59. The Kier molecular flexibility index (Phi) is 2.57. The first-order valence-electron chi connectivity index (χ1n) is 3.54. The summed E-state index contributed by atoms with van der Waals surface area (Å²) in [6, 6.07) is 4.58. The standard InChI is InChI=1S/C9H6F3N/c1-13-6-9(11,12)7-4-2-3-5-8(7)10/h2-5H,6H2. The van der Waals surface area contributed by atoms with E-state index >= 15 is 0 Å². The smallest absolute Gasteiger partial charge is 0.310 e. The van der Waals surface area contributed by atoms with Gasteiger partial charge in [0.05, 0.1) is 5.56 Å². The minimum absolute atomic E-state index is 0.717. The van der Waals surface area contributed by atoms with Crippen LogP contribution in [0.5, 0.6) is 0 Å². The fourth-order valence-electron chi connectivity index (χ4n) is 0.942. The fraction of sp³-hybridized carbons (Fsp3) is 0.222. The number of rotatable bonds is 2. The molecule has 0 atom stereocenters. The van der Waals surface area contributed by atoms with Gasteiger partial charge in [0.2, 0.25) is 0 Å². The maximum atomic E-state index is 13.0. The molecule has 1 nitrogen and oxygen atoms in total. The van der Waals surface area contributed by atoms with E-state index in [1.165, 1.54) is 12.1 Å². The quantitative estimate of drug-likeness (QED) is 0.624. The molecule has 0 amide bonds. The van der Waals surface area contributed by atoms with Gasteiger partial charge < -0.3 is 4.85 Å². The van der Waals surface area contributed by atoms with Crippen LogP contribution in [0.2, 0.25) is 0 Å². The van der Waals surface area contributed by atoms with E-state index in [9.17, 15) is 13.2 Å². The van der Waals surface area contributed by atoms with Crippen LogP contribution in [-0.2, 0) is 5.92 Å². The van der Waals surface area contributed by atoms with Gasteiger partial charge in [0.15, 0.2) is 0 Å². The maximum absolute atomic E-state index is 13.0. The van der Waals surface area contributed by atoms with Crippen molar-refractivity contribution < 1.29 is 13.2 Å². The van der Waals surface area contributed by atoms with Gasteiger partial charge in [0.1, 0.15) is 5.82 Å². The summed E-state index contributed by atoms with van der Waals surface area (Å²) in [5.74, 6) is -4.37. The number of nitrogens with zero attached hydrogens (tertiary/aromatic N) is 1. The number of alkyl halides is 2. The van der Waals surface area contributed by atoms with Gasteiger partial charge in [-0.05, 0) is 12.1 Å². The molecule has 0 heterocycles. The molecule has 68 valence electrons. The molecule has 0 aliphatic rings. The van der Waals surface area contributed by atoms with Crippen LogP contribution in [0.1, 0.15) is 5.56 Å². The van der Waals surface area contributed by atoms with Gasteiger partial charge in [0.25, 0.3) is 6.54 Å². The Morgan fingerprint density at radius 1 is 1.31 bits per heavy atom. The summed E-state index contributed by atoms with van der Waals surface area (Å²) in [7, 11) is 0. The van der Waals surface area contributed by atoms with Crippen LogP contribution in [0.4, 0.5) is 13.2 Å². The molecule has 0 aliphatic heterocycles. The number of hydrogen-bond acceptors (Lipinski definition) is 0. The molecule has 0 fully saturated rings. The summed E-state index contributed by atoms with van der Waals surface area (Å²) in [6.07, 6.45) is 0. The van der Waals surface area contributed by atoms with Crippen LogP contribution in [0.25, 0.3) is 4.85 Å². The predicted octanol–water partition coefficient (Wildman–Crippen LogP) is 2.84. The second-order valence-electron chi connectivity index (χ2n) is 2.50. The summed E-state index contributed by atoms with van der Waals surface area (Å²) in [5, 5.41) is 0. The number of halogens is 3. The van der Waals surface area contributed by atoms with Crippen molar-refractivity contribution in [2.45, 2.75) is 5.92 Å². The highest BCUT2D eigenvalue weighted by atomic mass is 19.3. The molecule has 0 aromatic heterocycles. The largest absolute Gasteiger partial charge is 0.346 e. The Bertz CT molecular complexity index is 341. The molecule has 0 unspecified atom stereocenters. The molecule has 1 aromatic rings. The minimum atomic E-state index is -3.40. The summed E-state index contributed by atoms with van der Waals surface area (Å²) in [4.78, 5) is 2.56. The van der Waals surface area contributed by atoms with Crippen molar-refractivity contribution in [3.63, 3.8) is 0 Å². The molecule has 0 radical (unpaired) electrons. The average molecular weight is 185 g/mol. The van der Waals surface area contributed by atoms with Crippen molar-refractivity contribution in [1.82, 2.24) is 0 Å². The molecule has 0 bridgehead atoms. The lowest BCUT2D eigenvalue weighted by Crippen LogP contribution is -2.18. The molecule has 1 aromatic carbocycles. The van der Waals surface area contributed by atoms with Gasteiger partial charge in [-0.15, -0.1) is 0 Å². The van der Waals surface area contributed by atoms with Gasteiger partial charge in [-0.3, -0.25) is 0 Å². The molecular formula is C9H6F3N. The number of benzene rings is 1. The molecule has 4 heteroatoms. The van der Waals surface area contributed by atoms with E-state index in [0.717, 1.165) is 12.1 Å². The molecule has 0 saturated heterocycles. The molecule has 13 heavy (non-hydrogen) atoms. The molecular weight excluding hydrogens is 179 g/mol. The minimum Gasteiger partial charge on any atom is -0.310 e. The monoisotopic (exact) mass is 185 g/mol. The van der Waals surface area contributed by atoms with Gasteiger partial charge in [-0.2, -0.15) is 8.78 Å². The molecule has 0 saturated carbocycles. The fourth-order valence-corrected chi connectivity index (χ4v) is 0.942. The normalized spacial score (nSPS) is 10.9. The summed E-state index contributed by atoms with van der Waals surface area (Å²) >= 11 is 0. The van der Waals surface area contributed by atoms with Crippen LogP contribution in [-0.4, -0.2) is 6.54 Å². The van der Waals surface area contributed by atoms with Crippen molar-refractivity contribution in [2.75, 3.05) is 6.54 Å². The lowest BCUT2D eigenvalue weighted by Gasteiger charge is -2.10. The second-order valence-corrected chi connectivity index (χ2v) is 2.50. The Morgan fingerprint density at radius 2 is 1.92 bits per heavy atom. The first-order chi connectivity index (χ1) is 6.08. The highest BCUT2D eigenvalue weighted by molar-refractivity contribution is 5.23. The predicted molar refractivity (Wildman–Crippen MR) is 41.8 cm³/mol. The highest BCUT2D eigenvalue weighted by Crippen LogP contribution is 2.29. The van der Waals surface area contributed by atoms with Crippen LogP contribution >= 0.6 is 0 Å². The SMILES string of the molecule is [C-]#[N+]CC(F)(F)c1ccccc1F. The van der Waals surface area contributed by atoms with E-state index in [2.05, 4.69) is 4.85 Å². The van der Waals surface area contributed by atoms with Gasteiger partial charge in [-0.25, -0.2) is 11.0 Å². The van der Waals surface area contributed by atoms with Crippen LogP contribution in [0, 0.1) is 12.4 Å². The third-order valence-electron chi connectivity index (χ3n) is 1.55. The van der Waals surface area contributed by atoms with E-state index in [0.29, 0.717) is 0 Å². The summed E-state index contributed by atoms with van der Waals surface area (Å²) in [5.41, 5.74) is -0.717. The van der Waals surface area contributed by atoms with Crippen LogP contribution < -0.4 is 0 Å². The van der Waals surface area contributed by atoms with Crippen LogP contribution in [0.3, 0.4) is 0 Å². The Hall–Kier alpha value is -1.50. The van der Waals surface area contributed by atoms with E-state index < -0.39 is 23.8 Å². The zero-order valence-electron chi connectivity index (χ0n) is 6.60. The maximum Gasteiger partial charge on any atom is 0.346 e. The van der Waals surface area contributed by atoms with Gasteiger partial charge in [0, 0.05) is 0 Å². The molecule has 0 aliphatic carbocycles. The first-order valence-corrected chi connectivity index (χ1v) is 3.54. The second kappa shape index (κ2) is 3.48. The third-order valence-corrected chi connectivity index (χ3v) is 1.55. The topological polar surface area (TPSA) is 4.36 Å². The summed E-state index contributed by atoms with van der Waals surface area (Å²) < 4.78 is 38.8. The van der Waals surface area contributed by atoms with Crippen molar-refractivity contribution in [3.05, 3.63) is 47.1 Å². The van der Waals surface area contributed by atoms with E-state index in [-0.39, 0.29) is 0 Å². The average Bonchev–Trinajstić information content (AvgIpc) is 2.04. The zero-order valence-corrected chi connectivity index (χ0v) is 6.60. The zero-order chi connectivity index (χ0) is 9.90. The highest BCUT2D eigenvalue weighted by Gasteiger charge is 2.37. The van der Waals surface area contributed by atoms with Gasteiger partial charge in [-0.1, -0.05) is 12.1 Å². The Labute approximate surface area is 73.6 Å². The Morgan fingerprint density at radius 3 is 2.46 bits per heavy atom. The lowest BCUT2D eigenvalue weighted by atomic mass is 10.1. The van der Waals surface area contributed by atoms with Crippen molar-refractivity contribution in [1.29, 1.82) is 0 Å². The van der Waals surface area contributed by atoms with Gasteiger partial charge >= 0.3 is 5.92 Å². The Balaban J connectivity index is 3.08. The van der Waals surface area contributed by atoms with Crippen molar-refractivity contribution >= 4 is 0 Å². The van der Waals surface area contributed by atoms with Crippen molar-refractivity contribution in [3.8, 4) is 0 Å². The van der Waals surface area contributed by atoms with E-state index in [4.69, 9.17) is 6.57 Å². The summed E-state index contributed by atoms with van der Waals surface area (Å²) in [6.45, 7) is 5.28. The lowest BCUT2D eigenvalue weighted by molar-refractivity contribution is 0.0105. The molecule has 0 spiro atoms.